The average Bonchev–Trinajstić information content (AvgIpc) is 3.09. The molecule has 3 rings (SSSR count). The predicted octanol–water partition coefficient (Wildman–Crippen LogP) is 1.34. The Hall–Kier alpha value is -2.11. The SMILES string of the molecule is Cc1nc(C(=O)N2CC[C@H](c3ccn[nH]3)C2)co1. The Bertz CT molecular complexity index is 546. The molecule has 3 heterocycles. The summed E-state index contributed by atoms with van der Waals surface area (Å²) in [6.45, 7) is 3.18. The highest BCUT2D eigenvalue weighted by Crippen LogP contribution is 2.26. The van der Waals surface area contributed by atoms with Crippen LogP contribution in [0.1, 0.15) is 34.4 Å². The molecule has 1 aliphatic heterocycles. The predicted molar refractivity (Wildman–Crippen MR) is 63.1 cm³/mol. The summed E-state index contributed by atoms with van der Waals surface area (Å²) in [7, 11) is 0. The number of carbonyl (C=O) groups is 1. The molecule has 0 aliphatic carbocycles. The van der Waals surface area contributed by atoms with Gasteiger partial charge in [-0.15, -0.1) is 0 Å². The molecule has 1 aliphatic rings. The zero-order valence-corrected chi connectivity index (χ0v) is 10.1. The molecule has 1 fully saturated rings. The van der Waals surface area contributed by atoms with Gasteiger partial charge >= 0.3 is 0 Å². The molecule has 0 saturated carbocycles. The third-order valence-electron chi connectivity index (χ3n) is 3.28. The van der Waals surface area contributed by atoms with Crippen molar-refractivity contribution in [1.29, 1.82) is 0 Å². The third-order valence-corrected chi connectivity index (χ3v) is 3.28. The van der Waals surface area contributed by atoms with Gasteiger partial charge in [0.1, 0.15) is 6.26 Å². The number of aromatic nitrogens is 3. The molecule has 0 aromatic carbocycles. The van der Waals surface area contributed by atoms with Gasteiger partial charge in [-0.25, -0.2) is 4.98 Å². The number of oxazole rings is 1. The average molecular weight is 246 g/mol. The van der Waals surface area contributed by atoms with Crippen LogP contribution in [0, 0.1) is 6.92 Å². The van der Waals surface area contributed by atoms with Gasteiger partial charge in [0.15, 0.2) is 11.6 Å². The van der Waals surface area contributed by atoms with Crippen molar-refractivity contribution in [3.63, 3.8) is 0 Å². The monoisotopic (exact) mass is 246 g/mol. The van der Waals surface area contributed by atoms with E-state index in [1.54, 1.807) is 13.1 Å². The summed E-state index contributed by atoms with van der Waals surface area (Å²) in [5.41, 5.74) is 1.47. The Labute approximate surface area is 104 Å². The number of aryl methyl sites for hydroxylation is 1. The van der Waals surface area contributed by atoms with E-state index in [0.29, 0.717) is 24.0 Å². The maximum absolute atomic E-state index is 12.2. The number of nitrogens with one attached hydrogen (secondary N) is 1. The van der Waals surface area contributed by atoms with E-state index in [4.69, 9.17) is 4.42 Å². The van der Waals surface area contributed by atoms with Crippen molar-refractivity contribution in [3.8, 4) is 0 Å². The highest BCUT2D eigenvalue weighted by Gasteiger charge is 2.29. The maximum Gasteiger partial charge on any atom is 0.275 e. The first-order valence-electron chi connectivity index (χ1n) is 5.94. The van der Waals surface area contributed by atoms with Gasteiger partial charge in [-0.3, -0.25) is 9.89 Å². The summed E-state index contributed by atoms with van der Waals surface area (Å²) < 4.78 is 5.07. The lowest BCUT2D eigenvalue weighted by molar-refractivity contribution is 0.0785. The Kier molecular flexibility index (Phi) is 2.62. The Morgan fingerprint density at radius 2 is 2.50 bits per heavy atom. The summed E-state index contributed by atoms with van der Waals surface area (Å²) in [5, 5.41) is 6.90. The van der Waals surface area contributed by atoms with Crippen LogP contribution in [0.15, 0.2) is 22.9 Å². The zero-order chi connectivity index (χ0) is 12.5. The minimum atomic E-state index is -0.0612. The van der Waals surface area contributed by atoms with Crippen molar-refractivity contribution in [2.45, 2.75) is 19.3 Å². The lowest BCUT2D eigenvalue weighted by Crippen LogP contribution is -2.28. The molecule has 0 radical (unpaired) electrons. The molecular weight excluding hydrogens is 232 g/mol. The van der Waals surface area contributed by atoms with E-state index in [2.05, 4.69) is 15.2 Å². The molecule has 1 saturated heterocycles. The van der Waals surface area contributed by atoms with Gasteiger partial charge < -0.3 is 9.32 Å². The van der Waals surface area contributed by atoms with Crippen LogP contribution in [0.3, 0.4) is 0 Å². The molecule has 0 unspecified atom stereocenters. The molecule has 0 bridgehead atoms. The summed E-state index contributed by atoms with van der Waals surface area (Å²) in [6.07, 6.45) is 4.10. The van der Waals surface area contributed by atoms with Gasteiger partial charge in [-0.1, -0.05) is 0 Å². The summed E-state index contributed by atoms with van der Waals surface area (Å²) in [6, 6.07) is 1.96. The fourth-order valence-electron chi connectivity index (χ4n) is 2.32. The van der Waals surface area contributed by atoms with Crippen LogP contribution >= 0.6 is 0 Å². The number of rotatable bonds is 2. The van der Waals surface area contributed by atoms with Crippen LogP contribution in [0.4, 0.5) is 0 Å². The first kappa shape index (κ1) is 11.0. The molecule has 2 aromatic heterocycles. The number of carbonyl (C=O) groups excluding carboxylic acids is 1. The van der Waals surface area contributed by atoms with Crippen molar-refractivity contribution in [1.82, 2.24) is 20.1 Å². The topological polar surface area (TPSA) is 75.0 Å². The quantitative estimate of drug-likeness (QED) is 0.867. The Morgan fingerprint density at radius 1 is 1.61 bits per heavy atom. The lowest BCUT2D eigenvalue weighted by atomic mass is 10.1. The van der Waals surface area contributed by atoms with E-state index in [1.807, 2.05) is 11.0 Å². The van der Waals surface area contributed by atoms with Crippen molar-refractivity contribution in [2.75, 3.05) is 13.1 Å². The van der Waals surface area contributed by atoms with E-state index >= 15 is 0 Å². The maximum atomic E-state index is 12.2. The van der Waals surface area contributed by atoms with Crippen molar-refractivity contribution >= 4 is 5.91 Å². The minimum Gasteiger partial charge on any atom is -0.448 e. The van der Waals surface area contributed by atoms with Gasteiger partial charge in [0, 0.05) is 37.8 Å². The van der Waals surface area contributed by atoms with Gasteiger partial charge in [0.25, 0.3) is 5.91 Å². The van der Waals surface area contributed by atoms with Crippen molar-refractivity contribution in [2.24, 2.45) is 0 Å². The number of aromatic amines is 1. The molecule has 18 heavy (non-hydrogen) atoms. The number of nitrogens with zero attached hydrogens (tertiary/aromatic N) is 3. The second-order valence-electron chi connectivity index (χ2n) is 4.50. The number of hydrogen-bond donors (Lipinski definition) is 1. The second kappa shape index (κ2) is 4.29. The number of H-pyrrole nitrogens is 1. The van der Waals surface area contributed by atoms with Gasteiger partial charge in [-0.05, 0) is 12.5 Å². The molecule has 1 N–H and O–H groups in total. The largest absolute Gasteiger partial charge is 0.448 e. The first-order valence-corrected chi connectivity index (χ1v) is 5.94. The Morgan fingerprint density at radius 3 is 3.17 bits per heavy atom. The number of likely N-dealkylation sites (tertiary alicyclic amines) is 1. The van der Waals surface area contributed by atoms with Gasteiger partial charge in [0.2, 0.25) is 0 Å². The Balaban J connectivity index is 1.70. The summed E-state index contributed by atoms with van der Waals surface area (Å²) >= 11 is 0. The minimum absolute atomic E-state index is 0.0612. The van der Waals surface area contributed by atoms with E-state index in [0.717, 1.165) is 18.7 Å². The molecule has 6 heteroatoms. The van der Waals surface area contributed by atoms with Crippen LogP contribution in [-0.2, 0) is 0 Å². The zero-order valence-electron chi connectivity index (χ0n) is 10.1. The lowest BCUT2D eigenvalue weighted by Gasteiger charge is -2.14. The van der Waals surface area contributed by atoms with Crippen molar-refractivity contribution in [3.05, 3.63) is 35.8 Å². The third kappa shape index (κ3) is 1.90. The van der Waals surface area contributed by atoms with Crippen LogP contribution in [0.25, 0.3) is 0 Å². The van der Waals surface area contributed by atoms with Crippen LogP contribution in [0.5, 0.6) is 0 Å². The highest BCUT2D eigenvalue weighted by atomic mass is 16.3. The standard InChI is InChI=1S/C12H14N4O2/c1-8-14-11(7-18-8)12(17)16-5-3-9(6-16)10-2-4-13-15-10/h2,4,7,9H,3,5-6H2,1H3,(H,13,15)/t9-/m0/s1. The van der Waals surface area contributed by atoms with Gasteiger partial charge in [0.05, 0.1) is 0 Å². The van der Waals surface area contributed by atoms with Crippen LogP contribution < -0.4 is 0 Å². The normalized spacial score (nSPS) is 19.4. The summed E-state index contributed by atoms with van der Waals surface area (Å²) in [5.74, 6) is 0.793. The van der Waals surface area contributed by atoms with Crippen LogP contribution in [0.2, 0.25) is 0 Å². The van der Waals surface area contributed by atoms with Crippen molar-refractivity contribution < 1.29 is 9.21 Å². The number of amides is 1. The molecule has 2 aromatic rings. The van der Waals surface area contributed by atoms with Crippen LogP contribution in [-0.4, -0.2) is 39.1 Å². The molecule has 1 atom stereocenters. The molecule has 6 nitrogen and oxygen atoms in total. The van der Waals surface area contributed by atoms with E-state index in [1.165, 1.54) is 6.26 Å². The fraction of sp³-hybridized carbons (Fsp3) is 0.417. The van der Waals surface area contributed by atoms with E-state index in [-0.39, 0.29) is 5.91 Å². The second-order valence-corrected chi connectivity index (χ2v) is 4.50. The highest BCUT2D eigenvalue weighted by molar-refractivity contribution is 5.92. The molecular formula is C12H14N4O2. The fourth-order valence-corrected chi connectivity index (χ4v) is 2.32. The number of hydrogen-bond acceptors (Lipinski definition) is 4. The molecule has 1 amide bonds. The smallest absolute Gasteiger partial charge is 0.275 e. The first-order chi connectivity index (χ1) is 8.74. The molecule has 0 spiro atoms. The van der Waals surface area contributed by atoms with E-state index in [9.17, 15) is 4.79 Å². The molecule has 94 valence electrons. The van der Waals surface area contributed by atoms with Gasteiger partial charge in [-0.2, -0.15) is 5.10 Å². The van der Waals surface area contributed by atoms with E-state index < -0.39 is 0 Å². The summed E-state index contributed by atoms with van der Waals surface area (Å²) in [4.78, 5) is 18.0.